The van der Waals surface area contributed by atoms with Crippen molar-refractivity contribution in [3.05, 3.63) is 90.9 Å². The molecule has 0 fully saturated rings. The Bertz CT molecular complexity index is 1260. The van der Waals surface area contributed by atoms with Gasteiger partial charge >= 0.3 is 88.4 Å². The minimum Gasteiger partial charge on any atom is -0.344 e. The van der Waals surface area contributed by atoms with Crippen molar-refractivity contribution < 1.29 is 26.2 Å². The van der Waals surface area contributed by atoms with Crippen LogP contribution >= 0.6 is 0 Å². The zero-order valence-electron chi connectivity index (χ0n) is 17.5. The third-order valence-corrected chi connectivity index (χ3v) is 6.79. The molecule has 1 aromatic heterocycles. The predicted molar refractivity (Wildman–Crippen MR) is 122 cm³/mol. The molecule has 10 heteroatoms. The van der Waals surface area contributed by atoms with Crippen LogP contribution in [0.5, 0.6) is 0 Å². The second-order valence-electron chi connectivity index (χ2n) is 6.84. The molecule has 1 unspecified atom stereocenters. The molecule has 0 spiro atoms. The van der Waals surface area contributed by atoms with Gasteiger partial charge in [0.15, 0.2) is 0 Å². The van der Waals surface area contributed by atoms with Crippen LogP contribution in [-0.4, -0.2) is 39.4 Å². The summed E-state index contributed by atoms with van der Waals surface area (Å²) in [6, 6.07) is 21.8. The molecule has 4 N–H and O–H groups in total. The third-order valence-electron chi connectivity index (χ3n) is 4.37. The Balaban J connectivity index is 0.000000190. The van der Waals surface area contributed by atoms with Gasteiger partial charge in [-0.3, -0.25) is 0 Å². The average Bonchev–Trinajstić information content (AvgIpc) is 3.31. The van der Waals surface area contributed by atoms with Gasteiger partial charge in [-0.2, -0.15) is 0 Å². The third kappa shape index (κ3) is 6.74. The Hall–Kier alpha value is -3.49. The number of hydrogen-bond donors (Lipinski definition) is 4. The molecule has 0 bridgehead atoms. The summed E-state index contributed by atoms with van der Waals surface area (Å²) in [4.78, 5) is 18.3. The zero-order chi connectivity index (χ0) is 23.8. The number of hydrogen-bond acceptors (Lipinski definition) is 5. The summed E-state index contributed by atoms with van der Waals surface area (Å²) in [6.45, 7) is 1.32. The first-order valence-corrected chi connectivity index (χ1v) is 13.0. The molecule has 0 saturated carbocycles. The van der Waals surface area contributed by atoms with Crippen molar-refractivity contribution in [3.8, 4) is 22.6 Å². The summed E-state index contributed by atoms with van der Waals surface area (Å²) >= 11 is -4.83. The number of benzene rings is 3. The van der Waals surface area contributed by atoms with E-state index in [1.807, 2.05) is 36.5 Å². The fraction of sp³-hybridized carbons (Fsp3) is 0.0435. The quantitative estimate of drug-likeness (QED) is 0.184. The Morgan fingerprint density at radius 3 is 2.36 bits per heavy atom. The van der Waals surface area contributed by atoms with Crippen molar-refractivity contribution >= 4 is 30.1 Å². The smallest absolute Gasteiger partial charge is 0.138 e. The molecule has 1 atom stereocenters. The SMILES string of the molecule is CC(=O)Nc1cccc([As](=O)(O)OO)c1.Fc1ccc(-c2nc(-c3ccccc3)c[nH]2)cc1. The summed E-state index contributed by atoms with van der Waals surface area (Å²) in [6.07, 6.45) is 1.86. The standard InChI is InChI=1S/C15H11FN2.C8H10AsNO5/c16-13-8-6-12(7-9-13)15-17-10-14(18-15)11-4-2-1-3-5-11;1-6(11)10-8-4-2-3-7(5-8)9(12,13)15-14/h1-10H,(H,17,18);2-5,14H,1H3,(H,10,11)(H,12,13). The molecule has 4 rings (SSSR count). The van der Waals surface area contributed by atoms with E-state index in [-0.39, 0.29) is 16.1 Å². The average molecular weight is 513 g/mol. The van der Waals surface area contributed by atoms with Gasteiger partial charge in [0.2, 0.25) is 0 Å². The summed E-state index contributed by atoms with van der Waals surface area (Å²) in [5, 5.41) is 10.7. The number of nitrogens with one attached hydrogen (secondary N) is 2. The molecular weight excluding hydrogens is 492 g/mol. The molecule has 0 radical (unpaired) electrons. The normalized spacial score (nSPS) is 12.2. The first-order chi connectivity index (χ1) is 15.8. The number of rotatable bonds is 5. The van der Waals surface area contributed by atoms with Gasteiger partial charge in [-0.1, -0.05) is 30.3 Å². The van der Waals surface area contributed by atoms with E-state index < -0.39 is 14.2 Å². The van der Waals surface area contributed by atoms with Gasteiger partial charge in [0.05, 0.1) is 5.69 Å². The van der Waals surface area contributed by atoms with Gasteiger partial charge < -0.3 is 4.98 Å². The summed E-state index contributed by atoms with van der Waals surface area (Å²) < 4.78 is 36.8. The van der Waals surface area contributed by atoms with Crippen LogP contribution in [0.25, 0.3) is 22.6 Å². The molecule has 4 aromatic rings. The van der Waals surface area contributed by atoms with Crippen molar-refractivity contribution in [2.24, 2.45) is 0 Å². The molecule has 1 amide bonds. The molecular formula is C23H21AsFN3O5. The summed E-state index contributed by atoms with van der Waals surface area (Å²) in [5.41, 5.74) is 3.18. The van der Waals surface area contributed by atoms with Gasteiger partial charge in [0.25, 0.3) is 0 Å². The van der Waals surface area contributed by atoms with Crippen LogP contribution in [0.1, 0.15) is 6.92 Å². The molecule has 8 nitrogen and oxygen atoms in total. The number of imidazole rings is 1. The van der Waals surface area contributed by atoms with E-state index in [2.05, 4.69) is 19.2 Å². The first-order valence-electron chi connectivity index (χ1n) is 9.69. The van der Waals surface area contributed by atoms with Crippen LogP contribution < -0.4 is 9.67 Å². The van der Waals surface area contributed by atoms with Crippen molar-refractivity contribution in [1.29, 1.82) is 0 Å². The Labute approximate surface area is 192 Å². The maximum atomic E-state index is 12.8. The van der Waals surface area contributed by atoms with Crippen LogP contribution in [0.3, 0.4) is 0 Å². The maximum Gasteiger partial charge on any atom is 0.138 e. The van der Waals surface area contributed by atoms with E-state index in [1.165, 1.54) is 37.3 Å². The Morgan fingerprint density at radius 2 is 1.73 bits per heavy atom. The Kier molecular flexibility index (Phi) is 7.97. The van der Waals surface area contributed by atoms with E-state index in [0.717, 1.165) is 22.6 Å². The minimum atomic E-state index is -4.83. The second-order valence-corrected chi connectivity index (χ2v) is 10.5. The number of nitrogens with zero attached hydrogens (tertiary/aromatic N) is 1. The van der Waals surface area contributed by atoms with Gasteiger partial charge in [-0.25, -0.2) is 9.37 Å². The number of aromatic nitrogens is 2. The van der Waals surface area contributed by atoms with E-state index >= 15 is 0 Å². The molecule has 170 valence electrons. The molecule has 3 aromatic carbocycles. The van der Waals surface area contributed by atoms with Gasteiger partial charge in [0.1, 0.15) is 11.6 Å². The largest absolute Gasteiger partial charge is 0.344 e. The number of carbonyl (C=O) groups is 1. The maximum absolute atomic E-state index is 12.8. The second kappa shape index (κ2) is 10.9. The van der Waals surface area contributed by atoms with Crippen LogP contribution in [0, 0.1) is 5.82 Å². The number of amides is 1. The van der Waals surface area contributed by atoms with E-state index in [4.69, 9.17) is 5.26 Å². The summed E-state index contributed by atoms with van der Waals surface area (Å²) in [7, 11) is 0. The number of anilines is 1. The fourth-order valence-corrected chi connectivity index (χ4v) is 4.25. The van der Waals surface area contributed by atoms with Crippen LogP contribution in [0.15, 0.2) is 85.1 Å². The van der Waals surface area contributed by atoms with E-state index in [0.29, 0.717) is 5.69 Å². The number of aromatic amines is 1. The molecule has 0 saturated heterocycles. The van der Waals surface area contributed by atoms with E-state index in [9.17, 15) is 17.0 Å². The number of carbonyl (C=O) groups excluding carboxylic acids is 1. The van der Waals surface area contributed by atoms with Gasteiger partial charge in [-0.05, 0) is 24.3 Å². The molecule has 0 aliphatic rings. The monoisotopic (exact) mass is 513 g/mol. The number of halogens is 1. The predicted octanol–water partition coefficient (Wildman–Crippen LogP) is 3.59. The van der Waals surface area contributed by atoms with Crippen molar-refractivity contribution in [3.63, 3.8) is 0 Å². The summed E-state index contributed by atoms with van der Waals surface area (Å²) in [5.74, 6) is 0.208. The molecule has 1 heterocycles. The Morgan fingerprint density at radius 1 is 1.03 bits per heavy atom. The van der Waals surface area contributed by atoms with Crippen molar-refractivity contribution in [2.75, 3.05) is 5.32 Å². The van der Waals surface area contributed by atoms with Crippen molar-refractivity contribution in [2.45, 2.75) is 6.92 Å². The zero-order valence-corrected chi connectivity index (χ0v) is 19.4. The van der Waals surface area contributed by atoms with Crippen molar-refractivity contribution in [1.82, 2.24) is 9.97 Å². The topological polar surface area (TPSA) is 125 Å². The first kappa shape index (κ1) is 24.2. The fourth-order valence-electron chi connectivity index (χ4n) is 2.84. The van der Waals surface area contributed by atoms with Crippen LogP contribution in [0.2, 0.25) is 0 Å². The van der Waals surface area contributed by atoms with Gasteiger partial charge in [0, 0.05) is 17.3 Å². The molecule has 0 aliphatic carbocycles. The number of H-pyrrole nitrogens is 1. The molecule has 33 heavy (non-hydrogen) atoms. The van der Waals surface area contributed by atoms with Crippen LogP contribution in [-0.2, 0) is 12.4 Å². The molecule has 0 aliphatic heterocycles. The minimum absolute atomic E-state index is 0.0399. The van der Waals surface area contributed by atoms with E-state index in [1.54, 1.807) is 18.2 Å². The van der Waals surface area contributed by atoms with Crippen LogP contribution in [0.4, 0.5) is 10.1 Å². The van der Waals surface area contributed by atoms with Gasteiger partial charge in [-0.15, -0.1) is 0 Å².